The van der Waals surface area contributed by atoms with Crippen molar-refractivity contribution in [3.05, 3.63) is 21.3 Å². The average Bonchev–Trinajstić information content (AvgIpc) is 2.81. The summed E-state index contributed by atoms with van der Waals surface area (Å²) >= 11 is 7.42. The van der Waals surface area contributed by atoms with E-state index in [4.69, 9.17) is 22.1 Å². The second-order valence-electron chi connectivity index (χ2n) is 4.79. The zero-order valence-corrected chi connectivity index (χ0v) is 13.8. The van der Waals surface area contributed by atoms with Gasteiger partial charge in [0.1, 0.15) is 0 Å². The van der Waals surface area contributed by atoms with E-state index in [9.17, 15) is 4.79 Å². The summed E-state index contributed by atoms with van der Waals surface area (Å²) < 4.78 is 6.03. The second kappa shape index (κ2) is 7.61. The number of amides is 1. The minimum absolute atomic E-state index is 0. The third-order valence-electron chi connectivity index (χ3n) is 3.46. The number of nitrogens with zero attached hydrogens (tertiary/aromatic N) is 1. The van der Waals surface area contributed by atoms with E-state index in [1.807, 2.05) is 19.1 Å². The summed E-state index contributed by atoms with van der Waals surface area (Å²) in [6.07, 6.45) is 1.18. The van der Waals surface area contributed by atoms with Crippen LogP contribution in [0.15, 0.2) is 12.1 Å². The third kappa shape index (κ3) is 4.09. The molecule has 0 radical (unpaired) electrons. The van der Waals surface area contributed by atoms with Crippen molar-refractivity contribution in [2.24, 2.45) is 5.73 Å². The van der Waals surface area contributed by atoms with Crippen LogP contribution in [0.25, 0.3) is 0 Å². The van der Waals surface area contributed by atoms with Gasteiger partial charge < -0.3 is 15.4 Å². The van der Waals surface area contributed by atoms with Crippen molar-refractivity contribution in [3.8, 4) is 0 Å². The van der Waals surface area contributed by atoms with Crippen molar-refractivity contribution in [2.45, 2.75) is 31.8 Å². The van der Waals surface area contributed by atoms with E-state index in [2.05, 4.69) is 0 Å². The molecule has 0 atom stereocenters. The summed E-state index contributed by atoms with van der Waals surface area (Å²) in [5.41, 5.74) is 5.48. The number of likely N-dealkylation sites (N-methyl/N-ethyl adjacent to an activating group) is 1. The van der Waals surface area contributed by atoms with Gasteiger partial charge >= 0.3 is 0 Å². The average molecular weight is 339 g/mol. The van der Waals surface area contributed by atoms with Gasteiger partial charge in [-0.3, -0.25) is 4.79 Å². The molecule has 114 valence electrons. The van der Waals surface area contributed by atoms with Gasteiger partial charge in [0.25, 0.3) is 0 Å². The Kier molecular flexibility index (Phi) is 6.75. The number of thiophene rings is 1. The number of hydrogen-bond acceptors (Lipinski definition) is 4. The minimum Gasteiger partial charge on any atom is -0.381 e. The van der Waals surface area contributed by atoms with Crippen LogP contribution in [0.3, 0.4) is 0 Å². The molecule has 2 heterocycles. The van der Waals surface area contributed by atoms with E-state index >= 15 is 0 Å². The fourth-order valence-electron chi connectivity index (χ4n) is 2.22. The summed E-state index contributed by atoms with van der Waals surface area (Å²) in [5, 5.41) is 0. The Hall–Kier alpha value is -0.330. The first kappa shape index (κ1) is 17.7. The van der Waals surface area contributed by atoms with Crippen LogP contribution in [0.4, 0.5) is 0 Å². The highest BCUT2D eigenvalue weighted by atomic mass is 35.5. The molecular weight excluding hydrogens is 319 g/mol. The molecule has 1 saturated heterocycles. The van der Waals surface area contributed by atoms with Crippen LogP contribution in [0.5, 0.6) is 0 Å². The number of carbonyl (C=O) groups is 1. The summed E-state index contributed by atoms with van der Waals surface area (Å²) in [7, 11) is 0. The normalized spacial score (nSPS) is 17.4. The molecule has 0 unspecified atom stereocenters. The third-order valence-corrected chi connectivity index (χ3v) is 4.67. The maximum absolute atomic E-state index is 12.6. The molecule has 0 bridgehead atoms. The van der Waals surface area contributed by atoms with Crippen molar-refractivity contribution in [1.29, 1.82) is 0 Å². The highest BCUT2D eigenvalue weighted by Gasteiger charge is 2.38. The maximum atomic E-state index is 12.6. The van der Waals surface area contributed by atoms with E-state index in [1.165, 1.54) is 11.3 Å². The largest absolute Gasteiger partial charge is 0.381 e. The molecule has 0 aliphatic carbocycles. The van der Waals surface area contributed by atoms with E-state index in [0.717, 1.165) is 9.21 Å². The van der Waals surface area contributed by atoms with Crippen LogP contribution in [0.1, 0.15) is 24.6 Å². The van der Waals surface area contributed by atoms with Crippen LogP contribution in [0.2, 0.25) is 4.34 Å². The number of halogens is 2. The topological polar surface area (TPSA) is 55.6 Å². The van der Waals surface area contributed by atoms with Crippen LogP contribution < -0.4 is 5.73 Å². The summed E-state index contributed by atoms with van der Waals surface area (Å²) in [6, 6.07) is 3.81. The summed E-state index contributed by atoms with van der Waals surface area (Å²) in [6.45, 7) is 4.31. The van der Waals surface area contributed by atoms with Gasteiger partial charge in [0, 0.05) is 24.6 Å². The van der Waals surface area contributed by atoms with Crippen molar-refractivity contribution < 1.29 is 9.53 Å². The first-order valence-corrected chi connectivity index (χ1v) is 7.65. The number of carbonyl (C=O) groups excluding carboxylic acids is 1. The Balaban J connectivity index is 0.00000200. The lowest BCUT2D eigenvalue weighted by atomic mass is 9.89. The van der Waals surface area contributed by atoms with E-state index in [-0.39, 0.29) is 18.3 Å². The van der Waals surface area contributed by atoms with Gasteiger partial charge in [-0.2, -0.15) is 0 Å². The molecule has 20 heavy (non-hydrogen) atoms. The molecule has 0 aromatic carbocycles. The summed E-state index contributed by atoms with van der Waals surface area (Å²) in [4.78, 5) is 15.5. The predicted molar refractivity (Wildman–Crippen MR) is 84.6 cm³/mol. The number of rotatable bonds is 4. The van der Waals surface area contributed by atoms with Crippen molar-refractivity contribution >= 4 is 41.3 Å². The molecule has 2 rings (SSSR count). The number of hydrogen-bond donors (Lipinski definition) is 1. The molecule has 1 aliphatic rings. The van der Waals surface area contributed by atoms with Gasteiger partial charge in [-0.15, -0.1) is 23.7 Å². The van der Waals surface area contributed by atoms with Crippen LogP contribution in [-0.2, 0) is 16.1 Å². The molecule has 1 aliphatic heterocycles. The predicted octanol–water partition coefficient (Wildman–Crippen LogP) is 2.68. The van der Waals surface area contributed by atoms with Crippen molar-refractivity contribution in [1.82, 2.24) is 4.90 Å². The monoisotopic (exact) mass is 338 g/mol. The molecule has 2 N–H and O–H groups in total. The van der Waals surface area contributed by atoms with E-state index in [1.54, 1.807) is 4.90 Å². The Morgan fingerprint density at radius 1 is 1.50 bits per heavy atom. The fourth-order valence-corrected chi connectivity index (χ4v) is 3.32. The molecule has 0 spiro atoms. The van der Waals surface area contributed by atoms with E-state index < -0.39 is 5.54 Å². The Labute approximate surface area is 134 Å². The quantitative estimate of drug-likeness (QED) is 0.918. The van der Waals surface area contributed by atoms with Crippen LogP contribution >= 0.6 is 35.3 Å². The first-order valence-electron chi connectivity index (χ1n) is 6.45. The SMILES string of the molecule is CCN(Cc1ccc(Cl)s1)C(=O)C1(N)CCOCC1.Cl. The fraction of sp³-hybridized carbons (Fsp3) is 0.615. The zero-order valence-electron chi connectivity index (χ0n) is 11.4. The number of nitrogens with two attached hydrogens (primary N) is 1. The molecule has 0 saturated carbocycles. The summed E-state index contributed by atoms with van der Waals surface area (Å²) in [5.74, 6) is 0.0165. The molecule has 1 amide bonds. The molecule has 1 aromatic heterocycles. The van der Waals surface area contributed by atoms with Crippen molar-refractivity contribution in [3.63, 3.8) is 0 Å². The zero-order chi connectivity index (χ0) is 13.9. The standard InChI is InChI=1S/C13H19ClN2O2S.ClH/c1-2-16(9-10-3-4-11(14)19-10)12(17)13(15)5-7-18-8-6-13;/h3-4H,2,5-9,15H2,1H3;1H. The molecule has 4 nitrogen and oxygen atoms in total. The lowest BCUT2D eigenvalue weighted by Crippen LogP contribution is -2.57. The van der Waals surface area contributed by atoms with Crippen LogP contribution in [-0.4, -0.2) is 36.1 Å². The highest BCUT2D eigenvalue weighted by Crippen LogP contribution is 2.25. The van der Waals surface area contributed by atoms with Crippen LogP contribution in [0, 0.1) is 0 Å². The van der Waals surface area contributed by atoms with Gasteiger partial charge in [-0.1, -0.05) is 11.6 Å². The lowest BCUT2D eigenvalue weighted by molar-refractivity contribution is -0.141. The minimum atomic E-state index is -0.769. The second-order valence-corrected chi connectivity index (χ2v) is 6.59. The van der Waals surface area contributed by atoms with Gasteiger partial charge in [0.05, 0.1) is 16.4 Å². The molecule has 1 fully saturated rings. The molecular formula is C13H20Cl2N2O2S. The number of ether oxygens (including phenoxy) is 1. The van der Waals surface area contributed by atoms with Gasteiger partial charge in [-0.05, 0) is 31.9 Å². The Bertz CT molecular complexity index is 447. The maximum Gasteiger partial charge on any atom is 0.243 e. The lowest BCUT2D eigenvalue weighted by Gasteiger charge is -2.36. The Morgan fingerprint density at radius 3 is 2.65 bits per heavy atom. The first-order chi connectivity index (χ1) is 9.05. The molecule has 1 aromatic rings. The van der Waals surface area contributed by atoms with E-state index in [0.29, 0.717) is 39.1 Å². The highest BCUT2D eigenvalue weighted by molar-refractivity contribution is 7.16. The van der Waals surface area contributed by atoms with Gasteiger partial charge in [0.2, 0.25) is 5.91 Å². The van der Waals surface area contributed by atoms with Gasteiger partial charge in [0.15, 0.2) is 0 Å². The smallest absolute Gasteiger partial charge is 0.243 e. The Morgan fingerprint density at radius 2 is 2.15 bits per heavy atom. The van der Waals surface area contributed by atoms with Gasteiger partial charge in [-0.25, -0.2) is 0 Å². The molecule has 7 heteroatoms. The van der Waals surface area contributed by atoms with Crippen molar-refractivity contribution in [2.75, 3.05) is 19.8 Å².